The van der Waals surface area contributed by atoms with Gasteiger partial charge in [-0.05, 0) is 29.9 Å². The molecule has 1 aromatic carbocycles. The fourth-order valence-electron chi connectivity index (χ4n) is 1.69. The highest BCUT2D eigenvalue weighted by molar-refractivity contribution is 7.98. The van der Waals surface area contributed by atoms with Crippen LogP contribution in [0.5, 0.6) is 5.75 Å². The van der Waals surface area contributed by atoms with Gasteiger partial charge in [-0.15, -0.1) is 0 Å². The van der Waals surface area contributed by atoms with E-state index in [1.54, 1.807) is 12.1 Å². The quantitative estimate of drug-likeness (QED) is 0.718. The molecule has 0 aliphatic rings. The van der Waals surface area contributed by atoms with Crippen molar-refractivity contribution in [2.24, 2.45) is 0 Å². The summed E-state index contributed by atoms with van der Waals surface area (Å²) in [6, 6.07) is 3.83. The molecule has 1 amide bonds. The van der Waals surface area contributed by atoms with Crippen LogP contribution in [0.2, 0.25) is 0 Å². The standard InChI is InChI=1S/C14H18FNO4S/c1-9(17)16-12(14(18)19)5-6-21-8-10-3-4-13(20-2)11(15)7-10/h3-4,7,12H,5-6,8H2,1-2H3,(H,16,17)(H,18,19). The number of ether oxygens (including phenoxy) is 1. The maximum atomic E-state index is 13.5. The van der Waals surface area contributed by atoms with Crippen LogP contribution in [0.15, 0.2) is 18.2 Å². The number of halogens is 1. The third kappa shape index (κ3) is 6.03. The number of hydrogen-bond donors (Lipinski definition) is 2. The number of carbonyl (C=O) groups is 2. The van der Waals surface area contributed by atoms with Gasteiger partial charge in [-0.25, -0.2) is 9.18 Å². The third-order valence-corrected chi connectivity index (χ3v) is 3.77. The molecule has 2 N–H and O–H groups in total. The number of rotatable bonds is 8. The largest absolute Gasteiger partial charge is 0.494 e. The Kier molecular flexibility index (Phi) is 7.01. The van der Waals surface area contributed by atoms with Gasteiger partial charge in [0.1, 0.15) is 6.04 Å². The number of aliphatic carboxylic acids is 1. The van der Waals surface area contributed by atoms with E-state index in [0.29, 0.717) is 17.9 Å². The van der Waals surface area contributed by atoms with Crippen LogP contribution < -0.4 is 10.1 Å². The summed E-state index contributed by atoms with van der Waals surface area (Å²) in [6.45, 7) is 1.28. The summed E-state index contributed by atoms with van der Waals surface area (Å²) in [5, 5.41) is 11.3. The van der Waals surface area contributed by atoms with Gasteiger partial charge < -0.3 is 15.2 Å². The van der Waals surface area contributed by atoms with Crippen LogP contribution >= 0.6 is 11.8 Å². The van der Waals surface area contributed by atoms with E-state index in [-0.39, 0.29) is 11.7 Å². The molecule has 0 heterocycles. The Morgan fingerprint density at radius 2 is 2.19 bits per heavy atom. The lowest BCUT2D eigenvalue weighted by molar-refractivity contribution is -0.141. The highest BCUT2D eigenvalue weighted by Gasteiger charge is 2.17. The zero-order valence-electron chi connectivity index (χ0n) is 11.9. The summed E-state index contributed by atoms with van der Waals surface area (Å²) in [5.41, 5.74) is 0.796. The first-order valence-electron chi connectivity index (χ1n) is 6.34. The average molecular weight is 315 g/mol. The van der Waals surface area contributed by atoms with E-state index in [0.717, 1.165) is 5.56 Å². The number of carboxylic acids is 1. The summed E-state index contributed by atoms with van der Waals surface area (Å²) in [6.07, 6.45) is 0.318. The van der Waals surface area contributed by atoms with Crippen LogP contribution in [0.1, 0.15) is 18.9 Å². The van der Waals surface area contributed by atoms with Gasteiger partial charge in [-0.3, -0.25) is 4.79 Å². The second-order valence-electron chi connectivity index (χ2n) is 4.40. The highest BCUT2D eigenvalue weighted by atomic mass is 32.2. The Morgan fingerprint density at radius 1 is 1.48 bits per heavy atom. The maximum Gasteiger partial charge on any atom is 0.326 e. The number of nitrogens with one attached hydrogen (secondary N) is 1. The van der Waals surface area contributed by atoms with Crippen LogP contribution in [0, 0.1) is 5.82 Å². The van der Waals surface area contributed by atoms with Gasteiger partial charge in [0.05, 0.1) is 7.11 Å². The first kappa shape index (κ1) is 17.3. The first-order chi connectivity index (χ1) is 9.93. The van der Waals surface area contributed by atoms with Gasteiger partial charge in [-0.2, -0.15) is 11.8 Å². The van der Waals surface area contributed by atoms with E-state index >= 15 is 0 Å². The number of carbonyl (C=O) groups excluding carboxylic acids is 1. The Morgan fingerprint density at radius 3 is 2.71 bits per heavy atom. The third-order valence-electron chi connectivity index (χ3n) is 2.71. The van der Waals surface area contributed by atoms with E-state index in [1.807, 2.05) is 0 Å². The van der Waals surface area contributed by atoms with Crippen LogP contribution in [-0.2, 0) is 15.3 Å². The number of methoxy groups -OCH3 is 1. The minimum absolute atomic E-state index is 0.195. The maximum absolute atomic E-state index is 13.5. The molecular formula is C14H18FNO4S. The van der Waals surface area contributed by atoms with E-state index in [2.05, 4.69) is 5.32 Å². The smallest absolute Gasteiger partial charge is 0.326 e. The molecule has 1 atom stereocenters. The summed E-state index contributed by atoms with van der Waals surface area (Å²) in [4.78, 5) is 21.8. The summed E-state index contributed by atoms with van der Waals surface area (Å²) in [7, 11) is 1.40. The van der Waals surface area contributed by atoms with Gasteiger partial charge >= 0.3 is 5.97 Å². The molecule has 1 unspecified atom stereocenters. The van der Waals surface area contributed by atoms with Crippen molar-refractivity contribution in [3.8, 4) is 5.75 Å². The Bertz CT molecular complexity index is 510. The fourth-order valence-corrected chi connectivity index (χ4v) is 2.66. The molecule has 7 heteroatoms. The lowest BCUT2D eigenvalue weighted by Gasteiger charge is -2.12. The van der Waals surface area contributed by atoms with Gasteiger partial charge in [0, 0.05) is 12.7 Å². The lowest BCUT2D eigenvalue weighted by Crippen LogP contribution is -2.39. The molecule has 116 valence electrons. The van der Waals surface area contributed by atoms with Crippen molar-refractivity contribution in [2.45, 2.75) is 25.1 Å². The zero-order valence-corrected chi connectivity index (χ0v) is 12.7. The fraction of sp³-hybridized carbons (Fsp3) is 0.429. The summed E-state index contributed by atoms with van der Waals surface area (Å²) < 4.78 is 18.3. The van der Waals surface area contributed by atoms with Crippen molar-refractivity contribution in [2.75, 3.05) is 12.9 Å². The molecule has 0 saturated carbocycles. The normalized spacial score (nSPS) is 11.8. The van der Waals surface area contributed by atoms with Crippen molar-refractivity contribution in [1.29, 1.82) is 0 Å². The Hall–Kier alpha value is -1.76. The van der Waals surface area contributed by atoms with Crippen molar-refractivity contribution in [1.82, 2.24) is 5.32 Å². The molecule has 1 rings (SSSR count). The Balaban J connectivity index is 2.40. The van der Waals surface area contributed by atoms with Crippen molar-refractivity contribution in [3.63, 3.8) is 0 Å². The Labute approximate surface area is 126 Å². The summed E-state index contributed by atoms with van der Waals surface area (Å²) >= 11 is 1.48. The minimum atomic E-state index is -1.05. The van der Waals surface area contributed by atoms with Gasteiger partial charge in [-0.1, -0.05) is 6.07 Å². The SMILES string of the molecule is COc1ccc(CSCCC(NC(C)=O)C(=O)O)cc1F. The highest BCUT2D eigenvalue weighted by Crippen LogP contribution is 2.21. The average Bonchev–Trinajstić information content (AvgIpc) is 2.41. The van der Waals surface area contributed by atoms with Crippen LogP contribution in [-0.4, -0.2) is 35.9 Å². The molecule has 5 nitrogen and oxygen atoms in total. The molecule has 0 aliphatic carbocycles. The van der Waals surface area contributed by atoms with E-state index in [1.165, 1.54) is 31.9 Å². The second kappa shape index (κ2) is 8.51. The predicted octanol–water partition coefficient (Wildman–Crippen LogP) is 2.05. The second-order valence-corrected chi connectivity index (χ2v) is 5.51. The van der Waals surface area contributed by atoms with Gasteiger partial charge in [0.25, 0.3) is 0 Å². The lowest BCUT2D eigenvalue weighted by atomic mass is 10.2. The number of carboxylic acid groups (broad SMARTS) is 1. The molecule has 0 radical (unpaired) electrons. The van der Waals surface area contributed by atoms with E-state index < -0.39 is 17.8 Å². The molecule has 21 heavy (non-hydrogen) atoms. The minimum Gasteiger partial charge on any atom is -0.494 e. The predicted molar refractivity (Wildman–Crippen MR) is 79.0 cm³/mol. The first-order valence-corrected chi connectivity index (χ1v) is 7.49. The number of hydrogen-bond acceptors (Lipinski definition) is 4. The van der Waals surface area contributed by atoms with E-state index in [4.69, 9.17) is 9.84 Å². The monoisotopic (exact) mass is 315 g/mol. The zero-order chi connectivity index (χ0) is 15.8. The molecule has 0 bridgehead atoms. The van der Waals surface area contributed by atoms with E-state index in [9.17, 15) is 14.0 Å². The van der Waals surface area contributed by atoms with Gasteiger partial charge in [0.2, 0.25) is 5.91 Å². The molecule has 0 saturated heterocycles. The summed E-state index contributed by atoms with van der Waals surface area (Å²) in [5.74, 6) is -0.540. The van der Waals surface area contributed by atoms with Gasteiger partial charge in [0.15, 0.2) is 11.6 Å². The number of amides is 1. The molecule has 0 aromatic heterocycles. The molecule has 0 aliphatic heterocycles. The van der Waals surface area contributed by atoms with Crippen LogP contribution in [0.25, 0.3) is 0 Å². The number of benzene rings is 1. The van der Waals surface area contributed by atoms with Crippen molar-refractivity contribution < 1.29 is 23.8 Å². The van der Waals surface area contributed by atoms with Crippen molar-refractivity contribution in [3.05, 3.63) is 29.6 Å². The number of thioether (sulfide) groups is 1. The van der Waals surface area contributed by atoms with Crippen molar-refractivity contribution >= 4 is 23.6 Å². The molecule has 0 spiro atoms. The van der Waals surface area contributed by atoms with Crippen LogP contribution in [0.4, 0.5) is 4.39 Å². The topological polar surface area (TPSA) is 75.6 Å². The van der Waals surface area contributed by atoms with Crippen LogP contribution in [0.3, 0.4) is 0 Å². The molecule has 1 aromatic rings. The molecule has 0 fully saturated rings. The molecular weight excluding hydrogens is 297 g/mol.